The molecule has 0 amide bonds. The van der Waals surface area contributed by atoms with Crippen LogP contribution in [0.15, 0.2) is 24.5 Å². The monoisotopic (exact) mass is 181 g/mol. The van der Waals surface area contributed by atoms with E-state index in [0.717, 1.165) is 11.2 Å². The fourth-order valence-corrected chi connectivity index (χ4v) is 1.38. The molecule has 0 bridgehead atoms. The zero-order valence-corrected chi connectivity index (χ0v) is 7.12. The van der Waals surface area contributed by atoms with Gasteiger partial charge in [-0.15, -0.1) is 0 Å². The van der Waals surface area contributed by atoms with E-state index in [1.54, 1.807) is 6.20 Å². The fourth-order valence-electron chi connectivity index (χ4n) is 1.20. The molecule has 12 heavy (non-hydrogen) atoms. The second-order valence-corrected chi connectivity index (χ2v) is 2.90. The van der Waals surface area contributed by atoms with Crippen molar-refractivity contribution in [2.75, 3.05) is 0 Å². The quantitative estimate of drug-likeness (QED) is 0.724. The average Bonchev–Trinajstić information content (AvgIpc) is 2.48. The molecule has 0 aliphatic carbocycles. The van der Waals surface area contributed by atoms with Crippen LogP contribution in [0.3, 0.4) is 0 Å². The Morgan fingerprint density at radius 2 is 2.42 bits per heavy atom. The van der Waals surface area contributed by atoms with E-state index in [2.05, 4.69) is 4.98 Å². The number of nitrogens with two attached hydrogens (primary N) is 1. The molecule has 0 aliphatic heterocycles. The van der Waals surface area contributed by atoms with Gasteiger partial charge in [0.05, 0.1) is 6.20 Å². The number of rotatable bonds is 1. The molecule has 4 heteroatoms. The van der Waals surface area contributed by atoms with Crippen LogP contribution < -0.4 is 5.73 Å². The van der Waals surface area contributed by atoms with Gasteiger partial charge in [-0.1, -0.05) is 17.7 Å². The first kappa shape index (κ1) is 7.58. The van der Waals surface area contributed by atoms with Crippen LogP contribution in [0.5, 0.6) is 0 Å². The zero-order valence-electron chi connectivity index (χ0n) is 6.37. The molecule has 0 radical (unpaired) electrons. The molecule has 2 rings (SSSR count). The maximum atomic E-state index is 5.86. The number of imidazole rings is 1. The van der Waals surface area contributed by atoms with Crippen molar-refractivity contribution in [2.45, 2.75) is 6.54 Å². The van der Waals surface area contributed by atoms with E-state index in [9.17, 15) is 0 Å². The molecule has 0 spiro atoms. The Labute approximate surface area is 74.8 Å². The Morgan fingerprint density at radius 1 is 1.58 bits per heavy atom. The van der Waals surface area contributed by atoms with Crippen molar-refractivity contribution in [3.05, 3.63) is 35.2 Å². The SMILES string of the molecule is NCc1cccn2c(Cl)cnc12. The van der Waals surface area contributed by atoms with Gasteiger partial charge in [0.25, 0.3) is 0 Å². The van der Waals surface area contributed by atoms with Gasteiger partial charge >= 0.3 is 0 Å². The second-order valence-electron chi connectivity index (χ2n) is 2.51. The molecule has 3 nitrogen and oxygen atoms in total. The number of fused-ring (bicyclic) bond motifs is 1. The maximum Gasteiger partial charge on any atom is 0.142 e. The fraction of sp³-hybridized carbons (Fsp3) is 0.125. The number of nitrogens with zero attached hydrogens (tertiary/aromatic N) is 2. The van der Waals surface area contributed by atoms with Crippen molar-refractivity contribution in [1.29, 1.82) is 0 Å². The van der Waals surface area contributed by atoms with Gasteiger partial charge in [-0.3, -0.25) is 4.40 Å². The highest BCUT2D eigenvalue weighted by Crippen LogP contribution is 2.14. The summed E-state index contributed by atoms with van der Waals surface area (Å²) in [7, 11) is 0. The minimum Gasteiger partial charge on any atom is -0.326 e. The number of pyridine rings is 1. The third kappa shape index (κ3) is 0.983. The van der Waals surface area contributed by atoms with Crippen LogP contribution in [0.25, 0.3) is 5.65 Å². The summed E-state index contributed by atoms with van der Waals surface area (Å²) in [5.74, 6) is 0. The first-order valence-electron chi connectivity index (χ1n) is 3.63. The van der Waals surface area contributed by atoms with Gasteiger partial charge < -0.3 is 5.73 Å². The highest BCUT2D eigenvalue weighted by Gasteiger charge is 2.02. The summed E-state index contributed by atoms with van der Waals surface area (Å²) in [6, 6.07) is 3.85. The van der Waals surface area contributed by atoms with Crippen LogP contribution in [0, 0.1) is 0 Å². The van der Waals surface area contributed by atoms with Gasteiger partial charge in [-0.05, 0) is 6.07 Å². The van der Waals surface area contributed by atoms with Gasteiger partial charge in [-0.25, -0.2) is 4.98 Å². The molecule has 0 aliphatic rings. The lowest BCUT2D eigenvalue weighted by Gasteiger charge is -1.99. The van der Waals surface area contributed by atoms with Crippen LogP contribution in [-0.2, 0) is 6.54 Å². The van der Waals surface area contributed by atoms with E-state index in [-0.39, 0.29) is 0 Å². The molecule has 62 valence electrons. The van der Waals surface area contributed by atoms with Crippen molar-refractivity contribution in [3.63, 3.8) is 0 Å². The standard InChI is InChI=1S/C8H8ClN3/c9-7-5-11-8-6(4-10)2-1-3-12(7)8/h1-3,5H,4,10H2. The molecule has 2 aromatic heterocycles. The van der Waals surface area contributed by atoms with Crippen molar-refractivity contribution < 1.29 is 0 Å². The summed E-state index contributed by atoms with van der Waals surface area (Å²) in [5, 5.41) is 0.611. The number of hydrogen-bond acceptors (Lipinski definition) is 2. The molecule has 0 aromatic carbocycles. The molecule has 2 aromatic rings. The van der Waals surface area contributed by atoms with E-state index in [4.69, 9.17) is 17.3 Å². The van der Waals surface area contributed by atoms with Crippen LogP contribution >= 0.6 is 11.6 Å². The van der Waals surface area contributed by atoms with E-state index in [0.29, 0.717) is 11.7 Å². The smallest absolute Gasteiger partial charge is 0.142 e. The minimum absolute atomic E-state index is 0.484. The summed E-state index contributed by atoms with van der Waals surface area (Å²) in [6.07, 6.45) is 3.49. The van der Waals surface area contributed by atoms with Gasteiger partial charge in [0, 0.05) is 18.3 Å². The zero-order chi connectivity index (χ0) is 8.55. The van der Waals surface area contributed by atoms with E-state index in [1.807, 2.05) is 22.7 Å². The number of aromatic nitrogens is 2. The lowest BCUT2D eigenvalue weighted by Crippen LogP contribution is -1.99. The Hall–Kier alpha value is -1.06. The normalized spacial score (nSPS) is 10.8. The average molecular weight is 182 g/mol. The Morgan fingerprint density at radius 3 is 3.17 bits per heavy atom. The Balaban J connectivity index is 2.81. The van der Waals surface area contributed by atoms with Crippen LogP contribution in [0.1, 0.15) is 5.56 Å². The molecule has 2 heterocycles. The van der Waals surface area contributed by atoms with Crippen LogP contribution in [0.4, 0.5) is 0 Å². The first-order chi connectivity index (χ1) is 5.83. The molecular weight excluding hydrogens is 174 g/mol. The lowest BCUT2D eigenvalue weighted by atomic mass is 10.3. The summed E-state index contributed by atoms with van der Waals surface area (Å²) in [4.78, 5) is 4.14. The number of hydrogen-bond donors (Lipinski definition) is 1. The maximum absolute atomic E-state index is 5.86. The predicted molar refractivity (Wildman–Crippen MR) is 48.1 cm³/mol. The summed E-state index contributed by atoms with van der Waals surface area (Å²) < 4.78 is 1.81. The lowest BCUT2D eigenvalue weighted by molar-refractivity contribution is 1.04. The van der Waals surface area contributed by atoms with E-state index >= 15 is 0 Å². The second kappa shape index (κ2) is 2.77. The van der Waals surface area contributed by atoms with Crippen molar-refractivity contribution in [1.82, 2.24) is 9.38 Å². The van der Waals surface area contributed by atoms with Crippen LogP contribution in [-0.4, -0.2) is 9.38 Å². The first-order valence-corrected chi connectivity index (χ1v) is 4.01. The largest absolute Gasteiger partial charge is 0.326 e. The summed E-state index contributed by atoms with van der Waals surface area (Å²) >= 11 is 5.86. The summed E-state index contributed by atoms with van der Waals surface area (Å²) in [6.45, 7) is 0.484. The highest BCUT2D eigenvalue weighted by molar-refractivity contribution is 6.29. The molecule has 2 N–H and O–H groups in total. The van der Waals surface area contributed by atoms with Gasteiger partial charge in [-0.2, -0.15) is 0 Å². The topological polar surface area (TPSA) is 43.3 Å². The van der Waals surface area contributed by atoms with Crippen LogP contribution in [0.2, 0.25) is 5.15 Å². The number of halogens is 1. The molecule has 0 saturated heterocycles. The van der Waals surface area contributed by atoms with Gasteiger partial charge in [0.2, 0.25) is 0 Å². The van der Waals surface area contributed by atoms with E-state index < -0.39 is 0 Å². The summed E-state index contributed by atoms with van der Waals surface area (Å²) in [5.41, 5.74) is 7.37. The van der Waals surface area contributed by atoms with Crippen molar-refractivity contribution in [2.24, 2.45) is 5.73 Å². The Bertz CT molecular complexity index is 408. The van der Waals surface area contributed by atoms with Gasteiger partial charge in [0.1, 0.15) is 10.8 Å². The van der Waals surface area contributed by atoms with Crippen molar-refractivity contribution in [3.8, 4) is 0 Å². The highest BCUT2D eigenvalue weighted by atomic mass is 35.5. The Kier molecular flexibility index (Phi) is 1.75. The third-order valence-corrected chi connectivity index (χ3v) is 2.07. The third-order valence-electron chi connectivity index (χ3n) is 1.79. The van der Waals surface area contributed by atoms with E-state index in [1.165, 1.54) is 0 Å². The molecule has 0 saturated carbocycles. The molecule has 0 atom stereocenters. The van der Waals surface area contributed by atoms with Gasteiger partial charge in [0.15, 0.2) is 0 Å². The minimum atomic E-state index is 0.484. The van der Waals surface area contributed by atoms with Crippen molar-refractivity contribution >= 4 is 17.2 Å². The molecule has 0 unspecified atom stereocenters. The molecule has 0 fully saturated rings. The predicted octanol–water partition coefficient (Wildman–Crippen LogP) is 1.45. The molecular formula is C8H8ClN3.